The number of para-hydroxylation sites is 1. The fraction of sp³-hybridized carbons (Fsp3) is 0.125. The zero-order valence-electron chi connectivity index (χ0n) is 11.2. The summed E-state index contributed by atoms with van der Waals surface area (Å²) in [5, 5.41) is 4.26. The average molecular weight is 265 g/mol. The number of ether oxygens (including phenoxy) is 1. The molecule has 0 aliphatic heterocycles. The van der Waals surface area contributed by atoms with E-state index in [0.717, 1.165) is 23.1 Å². The van der Waals surface area contributed by atoms with E-state index in [2.05, 4.69) is 15.3 Å². The van der Waals surface area contributed by atoms with Gasteiger partial charge in [0.1, 0.15) is 11.5 Å². The molecular formula is C16H15N3O. The van der Waals surface area contributed by atoms with Crippen molar-refractivity contribution >= 4 is 16.6 Å². The van der Waals surface area contributed by atoms with Gasteiger partial charge in [-0.2, -0.15) is 0 Å². The van der Waals surface area contributed by atoms with Gasteiger partial charge in [-0.25, -0.2) is 0 Å². The van der Waals surface area contributed by atoms with Crippen molar-refractivity contribution in [2.75, 3.05) is 11.9 Å². The first kappa shape index (κ1) is 12.4. The molecule has 0 bridgehead atoms. The fourth-order valence-electron chi connectivity index (χ4n) is 2.02. The second kappa shape index (κ2) is 5.57. The van der Waals surface area contributed by atoms with Gasteiger partial charge < -0.3 is 10.1 Å². The molecule has 0 fully saturated rings. The molecule has 0 saturated heterocycles. The van der Waals surface area contributed by atoms with Crippen LogP contribution in [0.2, 0.25) is 0 Å². The summed E-state index contributed by atoms with van der Waals surface area (Å²) in [6.45, 7) is 2.89. The first-order chi connectivity index (χ1) is 9.85. The number of benzene rings is 1. The van der Waals surface area contributed by atoms with Crippen molar-refractivity contribution in [1.29, 1.82) is 0 Å². The molecule has 1 N–H and O–H groups in total. The molecule has 3 aromatic rings. The van der Waals surface area contributed by atoms with Gasteiger partial charge in [0.2, 0.25) is 0 Å². The molecule has 100 valence electrons. The molecule has 0 amide bonds. The maximum atomic E-state index is 5.81. The highest BCUT2D eigenvalue weighted by Gasteiger charge is 2.02. The average Bonchev–Trinajstić information content (AvgIpc) is 2.48. The summed E-state index contributed by atoms with van der Waals surface area (Å²) in [4.78, 5) is 8.53. The second-order valence-corrected chi connectivity index (χ2v) is 4.41. The molecule has 3 rings (SSSR count). The topological polar surface area (TPSA) is 47.0 Å². The van der Waals surface area contributed by atoms with Crippen molar-refractivity contribution in [2.45, 2.75) is 6.92 Å². The number of fused-ring (bicyclic) bond motifs is 1. The Morgan fingerprint density at radius 2 is 1.90 bits per heavy atom. The summed E-state index contributed by atoms with van der Waals surface area (Å²) in [6.07, 6.45) is 5.19. The predicted molar refractivity (Wildman–Crippen MR) is 80.2 cm³/mol. The van der Waals surface area contributed by atoms with Crippen molar-refractivity contribution < 1.29 is 4.74 Å². The lowest BCUT2D eigenvalue weighted by Gasteiger charge is -2.08. The van der Waals surface area contributed by atoms with E-state index in [1.165, 1.54) is 0 Å². The van der Waals surface area contributed by atoms with Crippen LogP contribution in [0.1, 0.15) is 6.92 Å². The number of nitrogens with zero attached hydrogens (tertiary/aromatic N) is 2. The third-order valence-corrected chi connectivity index (χ3v) is 2.90. The zero-order chi connectivity index (χ0) is 13.8. The summed E-state index contributed by atoms with van der Waals surface area (Å²) < 4.78 is 5.81. The summed E-state index contributed by atoms with van der Waals surface area (Å²) in [5.41, 5.74) is 1.90. The van der Waals surface area contributed by atoms with Crippen LogP contribution in [0.4, 0.5) is 5.69 Å². The molecule has 1 aromatic carbocycles. The van der Waals surface area contributed by atoms with Gasteiger partial charge in [-0.1, -0.05) is 18.2 Å². The summed E-state index contributed by atoms with van der Waals surface area (Å²) >= 11 is 0. The molecular weight excluding hydrogens is 250 g/mol. The molecule has 4 nitrogen and oxygen atoms in total. The molecule has 0 atom stereocenters. The van der Waals surface area contributed by atoms with E-state index in [1.807, 2.05) is 43.3 Å². The minimum Gasteiger partial charge on any atom is -0.454 e. The van der Waals surface area contributed by atoms with E-state index >= 15 is 0 Å². The van der Waals surface area contributed by atoms with Gasteiger partial charge in [0, 0.05) is 18.0 Å². The van der Waals surface area contributed by atoms with Gasteiger partial charge in [-0.3, -0.25) is 9.97 Å². The number of nitrogens with one attached hydrogen (secondary N) is 1. The number of aromatic nitrogens is 2. The van der Waals surface area contributed by atoms with Gasteiger partial charge in [-0.15, -0.1) is 0 Å². The number of anilines is 1. The van der Waals surface area contributed by atoms with Gasteiger partial charge in [0.15, 0.2) is 0 Å². The lowest BCUT2D eigenvalue weighted by molar-refractivity contribution is 0.479. The third-order valence-electron chi connectivity index (χ3n) is 2.90. The first-order valence-electron chi connectivity index (χ1n) is 6.57. The van der Waals surface area contributed by atoms with Crippen LogP contribution in [-0.2, 0) is 0 Å². The Bertz CT molecular complexity index is 727. The maximum absolute atomic E-state index is 5.81. The molecule has 2 heterocycles. The highest BCUT2D eigenvalue weighted by atomic mass is 16.5. The van der Waals surface area contributed by atoms with Gasteiger partial charge in [0.05, 0.1) is 29.8 Å². The van der Waals surface area contributed by atoms with E-state index in [0.29, 0.717) is 11.5 Å². The SMILES string of the molecule is CCNc1cncc(Oc2cnc3ccccc3c2)c1. The molecule has 0 aliphatic rings. The lowest BCUT2D eigenvalue weighted by atomic mass is 10.2. The highest BCUT2D eigenvalue weighted by molar-refractivity contribution is 5.79. The van der Waals surface area contributed by atoms with Crippen LogP contribution < -0.4 is 10.1 Å². The largest absolute Gasteiger partial charge is 0.454 e. The molecule has 0 aliphatic carbocycles. The fourth-order valence-corrected chi connectivity index (χ4v) is 2.02. The lowest BCUT2D eigenvalue weighted by Crippen LogP contribution is -1.97. The smallest absolute Gasteiger partial charge is 0.147 e. The molecule has 20 heavy (non-hydrogen) atoms. The summed E-state index contributed by atoms with van der Waals surface area (Å²) in [5.74, 6) is 1.40. The Balaban J connectivity index is 1.87. The van der Waals surface area contributed by atoms with Crippen LogP contribution >= 0.6 is 0 Å². The minimum absolute atomic E-state index is 0.695. The molecule has 4 heteroatoms. The molecule has 2 aromatic heterocycles. The Hall–Kier alpha value is -2.62. The molecule has 0 spiro atoms. The minimum atomic E-state index is 0.695. The first-order valence-corrected chi connectivity index (χ1v) is 6.57. The van der Waals surface area contributed by atoms with Crippen molar-refractivity contribution in [1.82, 2.24) is 9.97 Å². The van der Waals surface area contributed by atoms with Crippen LogP contribution in [0.3, 0.4) is 0 Å². The van der Waals surface area contributed by atoms with Crippen LogP contribution in [0.5, 0.6) is 11.5 Å². The van der Waals surface area contributed by atoms with Crippen LogP contribution in [0.25, 0.3) is 10.9 Å². The van der Waals surface area contributed by atoms with Gasteiger partial charge in [-0.05, 0) is 19.1 Å². The Morgan fingerprint density at radius 1 is 1.05 bits per heavy atom. The van der Waals surface area contributed by atoms with Crippen molar-refractivity contribution in [2.24, 2.45) is 0 Å². The van der Waals surface area contributed by atoms with E-state index < -0.39 is 0 Å². The number of pyridine rings is 2. The van der Waals surface area contributed by atoms with Crippen LogP contribution in [-0.4, -0.2) is 16.5 Å². The van der Waals surface area contributed by atoms with Gasteiger partial charge >= 0.3 is 0 Å². The van der Waals surface area contributed by atoms with Crippen molar-refractivity contribution in [3.63, 3.8) is 0 Å². The van der Waals surface area contributed by atoms with E-state index in [1.54, 1.807) is 18.6 Å². The normalized spacial score (nSPS) is 10.4. The number of hydrogen-bond acceptors (Lipinski definition) is 4. The number of hydrogen-bond donors (Lipinski definition) is 1. The van der Waals surface area contributed by atoms with Crippen LogP contribution in [0.15, 0.2) is 55.0 Å². The summed E-state index contributed by atoms with van der Waals surface area (Å²) in [7, 11) is 0. The zero-order valence-corrected chi connectivity index (χ0v) is 11.2. The van der Waals surface area contributed by atoms with E-state index in [9.17, 15) is 0 Å². The molecule has 0 unspecified atom stereocenters. The molecule has 0 radical (unpaired) electrons. The second-order valence-electron chi connectivity index (χ2n) is 4.41. The van der Waals surface area contributed by atoms with E-state index in [4.69, 9.17) is 4.74 Å². The van der Waals surface area contributed by atoms with Crippen molar-refractivity contribution in [3.05, 3.63) is 55.0 Å². The summed E-state index contributed by atoms with van der Waals surface area (Å²) in [6, 6.07) is 11.9. The predicted octanol–water partition coefficient (Wildman–Crippen LogP) is 3.85. The van der Waals surface area contributed by atoms with Crippen LogP contribution in [0, 0.1) is 0 Å². The van der Waals surface area contributed by atoms with Crippen molar-refractivity contribution in [3.8, 4) is 11.5 Å². The third kappa shape index (κ3) is 2.69. The Kier molecular flexibility index (Phi) is 3.46. The standard InChI is InChI=1S/C16H15N3O/c1-2-18-13-8-15(10-17-9-13)20-14-7-12-5-3-4-6-16(12)19-11-14/h3-11,18H,2H2,1H3. The number of rotatable bonds is 4. The maximum Gasteiger partial charge on any atom is 0.147 e. The monoisotopic (exact) mass is 265 g/mol. The molecule has 0 saturated carbocycles. The highest BCUT2D eigenvalue weighted by Crippen LogP contribution is 2.25. The quantitative estimate of drug-likeness (QED) is 0.778. The van der Waals surface area contributed by atoms with E-state index in [-0.39, 0.29) is 0 Å². The van der Waals surface area contributed by atoms with Gasteiger partial charge in [0.25, 0.3) is 0 Å². The Morgan fingerprint density at radius 3 is 2.80 bits per heavy atom. The Labute approximate surface area is 117 Å².